The van der Waals surface area contributed by atoms with E-state index in [2.05, 4.69) is 33.9 Å². The topological polar surface area (TPSA) is 76.0 Å². The Morgan fingerprint density at radius 2 is 1.59 bits per heavy atom. The van der Waals surface area contributed by atoms with Crippen LogP contribution in [0.25, 0.3) is 10.9 Å². The van der Waals surface area contributed by atoms with Gasteiger partial charge in [-0.15, -0.1) is 0 Å². The van der Waals surface area contributed by atoms with Crippen molar-refractivity contribution in [3.63, 3.8) is 0 Å². The number of para-hydroxylation sites is 1. The molecule has 0 unspecified atom stereocenters. The molecule has 4 atom stereocenters. The van der Waals surface area contributed by atoms with Crippen molar-refractivity contribution in [1.29, 1.82) is 0 Å². The Morgan fingerprint density at radius 3 is 2.23 bits per heavy atom. The lowest BCUT2D eigenvalue weighted by atomic mass is 10.0. The minimum Gasteiger partial charge on any atom is -0.414 e. The summed E-state index contributed by atoms with van der Waals surface area (Å²) in [6.07, 6.45) is -0.955. The third-order valence-corrected chi connectivity index (χ3v) is 14.6. The Hall–Kier alpha value is -2.01. The molecule has 9 heteroatoms. The fourth-order valence-corrected chi connectivity index (χ4v) is 7.78. The van der Waals surface area contributed by atoms with E-state index in [4.69, 9.17) is 18.6 Å². The van der Waals surface area contributed by atoms with Gasteiger partial charge in [0.05, 0.1) is 23.1 Å². The second-order valence-corrected chi connectivity index (χ2v) is 19.4. The molecule has 0 bridgehead atoms. The first-order valence-electron chi connectivity index (χ1n) is 13.7. The molecule has 3 heterocycles. The first-order chi connectivity index (χ1) is 18.1. The quantitative estimate of drug-likeness (QED) is 0.322. The number of fused-ring (bicyclic) bond motifs is 2. The maximum absolute atomic E-state index is 14.0. The Balaban J connectivity index is 1.48. The molecule has 0 N–H and O–H groups in total. The van der Waals surface area contributed by atoms with Gasteiger partial charge in [-0.1, -0.05) is 56.7 Å². The van der Waals surface area contributed by atoms with Crippen LogP contribution in [0.2, 0.25) is 18.1 Å². The summed E-state index contributed by atoms with van der Waals surface area (Å²) in [7, 11) is -5.85. The molecule has 1 aromatic heterocycles. The Labute approximate surface area is 233 Å². The van der Waals surface area contributed by atoms with Crippen molar-refractivity contribution in [1.82, 2.24) is 3.97 Å². The number of rotatable bonds is 7. The van der Waals surface area contributed by atoms with Crippen molar-refractivity contribution >= 4 is 29.2 Å². The van der Waals surface area contributed by atoms with Crippen LogP contribution in [0.1, 0.15) is 45.9 Å². The zero-order valence-corrected chi connectivity index (χ0v) is 26.0. The molecule has 2 aliphatic heterocycles. The van der Waals surface area contributed by atoms with Crippen LogP contribution in [0.4, 0.5) is 0 Å². The zero-order valence-electron chi connectivity index (χ0n) is 24.2. The van der Waals surface area contributed by atoms with E-state index in [1.165, 1.54) is 3.97 Å². The molecule has 0 spiro atoms. The van der Waals surface area contributed by atoms with E-state index in [-0.39, 0.29) is 34.3 Å². The van der Waals surface area contributed by atoms with Crippen LogP contribution in [0.5, 0.6) is 0 Å². The molecule has 2 saturated heterocycles. The highest BCUT2D eigenvalue weighted by molar-refractivity contribution is 7.90. The molecule has 39 heavy (non-hydrogen) atoms. The molecule has 2 aliphatic rings. The molecule has 2 fully saturated rings. The summed E-state index contributed by atoms with van der Waals surface area (Å²) in [5.74, 6) is -0.757. The summed E-state index contributed by atoms with van der Waals surface area (Å²) in [6.45, 7) is 17.3. The van der Waals surface area contributed by atoms with Crippen LogP contribution in [0.15, 0.2) is 59.5 Å². The van der Waals surface area contributed by atoms with Crippen LogP contribution in [-0.2, 0) is 35.1 Å². The summed E-state index contributed by atoms with van der Waals surface area (Å²) in [6, 6.07) is 16.5. The third-order valence-electron chi connectivity index (χ3n) is 8.37. The number of aryl methyl sites for hydroxylation is 1. The second-order valence-electron chi connectivity index (χ2n) is 12.8. The number of hydrogen-bond donors (Lipinski definition) is 0. The molecule has 3 aromatic rings. The summed E-state index contributed by atoms with van der Waals surface area (Å²) in [4.78, 5) is 0.253. The van der Waals surface area contributed by atoms with Gasteiger partial charge in [0.15, 0.2) is 14.1 Å². The number of nitrogens with zero attached hydrogens (tertiary/aromatic N) is 1. The average Bonchev–Trinajstić information content (AvgIpc) is 3.46. The first kappa shape index (κ1) is 28.5. The van der Waals surface area contributed by atoms with Crippen molar-refractivity contribution < 1.29 is 27.1 Å². The van der Waals surface area contributed by atoms with Crippen LogP contribution in [-0.4, -0.2) is 57.5 Å². The fourth-order valence-electron chi connectivity index (χ4n) is 5.21. The van der Waals surface area contributed by atoms with Crippen molar-refractivity contribution in [2.24, 2.45) is 0 Å². The molecular formula is C30H41NO6SSi. The van der Waals surface area contributed by atoms with E-state index in [9.17, 15) is 8.42 Å². The van der Waals surface area contributed by atoms with Crippen molar-refractivity contribution in [2.75, 3.05) is 6.61 Å². The lowest BCUT2D eigenvalue weighted by molar-refractivity contribution is -0.189. The molecule has 0 aliphatic carbocycles. The van der Waals surface area contributed by atoms with E-state index >= 15 is 0 Å². The maximum atomic E-state index is 14.0. The van der Waals surface area contributed by atoms with E-state index in [1.54, 1.807) is 12.1 Å². The van der Waals surface area contributed by atoms with Crippen molar-refractivity contribution in [2.45, 2.75) is 101 Å². The Bertz CT molecular complexity index is 1450. The summed E-state index contributed by atoms with van der Waals surface area (Å²) < 4.78 is 55.1. The number of benzene rings is 2. The SMILES string of the molecule is Cc1ccc(S(=O)(=O)n2c(C[C@H]3O[C@H](CO[Si](C)(C)C(C)(C)C)[C@H]4OC(C)(C)O[C@H]43)cc3ccccc32)cc1. The monoisotopic (exact) mass is 571 g/mol. The van der Waals surface area contributed by atoms with E-state index in [0.29, 0.717) is 24.2 Å². The van der Waals surface area contributed by atoms with Gasteiger partial charge in [-0.2, -0.15) is 0 Å². The smallest absolute Gasteiger partial charge is 0.268 e. The van der Waals surface area contributed by atoms with Gasteiger partial charge in [0, 0.05) is 17.5 Å². The van der Waals surface area contributed by atoms with Gasteiger partial charge in [0.2, 0.25) is 0 Å². The number of ether oxygens (including phenoxy) is 3. The number of hydrogen-bond acceptors (Lipinski definition) is 6. The lowest BCUT2D eigenvalue weighted by Gasteiger charge is -2.37. The highest BCUT2D eigenvalue weighted by Crippen LogP contribution is 2.42. The minimum absolute atomic E-state index is 0.0714. The molecular weight excluding hydrogens is 530 g/mol. The van der Waals surface area contributed by atoms with Gasteiger partial charge in [-0.3, -0.25) is 0 Å². The van der Waals surface area contributed by atoms with Crippen molar-refractivity contribution in [3.8, 4) is 0 Å². The van der Waals surface area contributed by atoms with Gasteiger partial charge in [0.25, 0.3) is 10.0 Å². The molecule has 0 amide bonds. The van der Waals surface area contributed by atoms with E-state index < -0.39 is 24.1 Å². The van der Waals surface area contributed by atoms with Gasteiger partial charge >= 0.3 is 0 Å². The van der Waals surface area contributed by atoms with E-state index in [0.717, 1.165) is 10.9 Å². The molecule has 7 nitrogen and oxygen atoms in total. The van der Waals surface area contributed by atoms with Crippen LogP contribution in [0.3, 0.4) is 0 Å². The van der Waals surface area contributed by atoms with Gasteiger partial charge < -0.3 is 18.6 Å². The van der Waals surface area contributed by atoms with Gasteiger partial charge in [-0.25, -0.2) is 12.4 Å². The number of aromatic nitrogens is 1. The first-order valence-corrected chi connectivity index (χ1v) is 18.0. The highest BCUT2D eigenvalue weighted by atomic mass is 32.2. The normalized spacial score (nSPS) is 25.3. The Kier molecular flexibility index (Phi) is 7.18. The average molecular weight is 572 g/mol. The summed E-state index contributed by atoms with van der Waals surface area (Å²) in [5, 5.41) is 0.932. The van der Waals surface area contributed by atoms with Crippen LogP contribution in [0, 0.1) is 6.92 Å². The Morgan fingerprint density at radius 1 is 0.974 bits per heavy atom. The molecule has 2 aromatic carbocycles. The minimum atomic E-state index is -3.85. The molecule has 0 saturated carbocycles. The fraction of sp³-hybridized carbons (Fsp3) is 0.533. The second kappa shape index (κ2) is 9.82. The lowest BCUT2D eigenvalue weighted by Crippen LogP contribution is -2.44. The third kappa shape index (κ3) is 5.37. The van der Waals surface area contributed by atoms with E-state index in [1.807, 2.05) is 63.2 Å². The van der Waals surface area contributed by atoms with Gasteiger partial charge in [-0.05, 0) is 63.2 Å². The predicted octanol–water partition coefficient (Wildman–Crippen LogP) is 6.04. The molecule has 212 valence electrons. The molecule has 0 radical (unpaired) electrons. The standard InChI is InChI=1S/C30H41NO6SSi/c1-20-13-15-23(16-14-20)38(32,33)31-22(17-21-11-9-10-12-24(21)31)18-25-27-28(37-30(5,6)36-27)26(35-25)19-34-39(7,8)29(2,3)4/h9-17,25-28H,18-19H2,1-8H3/t25-,26-,27+,28-/m1/s1. The highest BCUT2D eigenvalue weighted by Gasteiger charge is 2.55. The van der Waals surface area contributed by atoms with Gasteiger partial charge in [0.1, 0.15) is 18.3 Å². The maximum Gasteiger partial charge on any atom is 0.268 e. The predicted molar refractivity (Wildman–Crippen MR) is 155 cm³/mol. The summed E-state index contributed by atoms with van der Waals surface area (Å²) >= 11 is 0. The molecule has 5 rings (SSSR count). The van der Waals surface area contributed by atoms with Crippen molar-refractivity contribution in [3.05, 3.63) is 65.9 Å². The largest absolute Gasteiger partial charge is 0.414 e. The summed E-state index contributed by atoms with van der Waals surface area (Å²) in [5.41, 5.74) is 2.30. The van der Waals surface area contributed by atoms with Crippen LogP contribution < -0.4 is 0 Å². The van der Waals surface area contributed by atoms with Crippen LogP contribution >= 0.6 is 0 Å². The zero-order chi connectivity index (χ0) is 28.4.